The fourth-order valence-electron chi connectivity index (χ4n) is 2.83. The Morgan fingerprint density at radius 1 is 1.36 bits per heavy atom. The average Bonchev–Trinajstić information content (AvgIpc) is 2.59. The number of aryl methyl sites for hydroxylation is 1. The van der Waals surface area contributed by atoms with Crippen LogP contribution in [0.2, 0.25) is 5.02 Å². The number of aromatic nitrogens is 2. The fraction of sp³-hybridized carbons (Fsp3) is 0.389. The molecule has 1 atom stereocenters. The van der Waals surface area contributed by atoms with Gasteiger partial charge in [0.2, 0.25) is 5.91 Å². The van der Waals surface area contributed by atoms with Crippen molar-refractivity contribution in [1.82, 2.24) is 9.97 Å². The lowest BCUT2D eigenvalue weighted by atomic mass is 9.97. The Morgan fingerprint density at radius 3 is 2.92 bits per heavy atom. The molecule has 1 aliphatic carbocycles. The van der Waals surface area contributed by atoms with E-state index in [9.17, 15) is 9.59 Å². The van der Waals surface area contributed by atoms with Gasteiger partial charge in [-0.1, -0.05) is 29.4 Å². The largest absolute Gasteiger partial charge is 0.325 e. The van der Waals surface area contributed by atoms with E-state index < -0.39 is 5.25 Å². The second-order valence-electron chi connectivity index (χ2n) is 6.17. The summed E-state index contributed by atoms with van der Waals surface area (Å²) >= 11 is 7.34. The van der Waals surface area contributed by atoms with Gasteiger partial charge in [0.25, 0.3) is 5.56 Å². The quantitative estimate of drug-likeness (QED) is 0.628. The topological polar surface area (TPSA) is 74.8 Å². The zero-order valence-electron chi connectivity index (χ0n) is 14.2. The molecule has 132 valence electrons. The smallest absolute Gasteiger partial charge is 0.254 e. The van der Waals surface area contributed by atoms with Crippen LogP contribution < -0.4 is 10.9 Å². The zero-order valence-corrected chi connectivity index (χ0v) is 15.8. The number of carbonyl (C=O) groups is 1. The van der Waals surface area contributed by atoms with Gasteiger partial charge in [-0.3, -0.25) is 9.59 Å². The third-order valence-electron chi connectivity index (χ3n) is 4.35. The van der Waals surface area contributed by atoms with Gasteiger partial charge in [0.1, 0.15) is 0 Å². The summed E-state index contributed by atoms with van der Waals surface area (Å²) in [6.07, 6.45) is 3.70. The van der Waals surface area contributed by atoms with Crippen LogP contribution in [0.3, 0.4) is 0 Å². The molecule has 1 aromatic carbocycles. The van der Waals surface area contributed by atoms with Crippen molar-refractivity contribution in [2.45, 2.75) is 49.9 Å². The minimum atomic E-state index is -0.400. The molecule has 0 spiro atoms. The number of benzene rings is 1. The summed E-state index contributed by atoms with van der Waals surface area (Å²) in [6.45, 7) is 3.65. The lowest BCUT2D eigenvalue weighted by Gasteiger charge is -2.16. The Labute approximate surface area is 155 Å². The number of halogens is 1. The van der Waals surface area contributed by atoms with E-state index in [4.69, 9.17) is 11.6 Å². The van der Waals surface area contributed by atoms with Crippen LogP contribution in [0.4, 0.5) is 5.69 Å². The molecule has 1 aromatic heterocycles. The molecule has 1 unspecified atom stereocenters. The van der Waals surface area contributed by atoms with Gasteiger partial charge in [0, 0.05) is 16.3 Å². The number of fused-ring (bicyclic) bond motifs is 1. The lowest BCUT2D eigenvalue weighted by Crippen LogP contribution is -2.25. The summed E-state index contributed by atoms with van der Waals surface area (Å²) in [7, 11) is 0. The van der Waals surface area contributed by atoms with Crippen molar-refractivity contribution >= 4 is 35.0 Å². The number of carbonyl (C=O) groups excluding carboxylic acids is 1. The van der Waals surface area contributed by atoms with E-state index in [0.717, 1.165) is 42.5 Å². The number of hydrogen-bond acceptors (Lipinski definition) is 4. The van der Waals surface area contributed by atoms with Gasteiger partial charge in [-0.2, -0.15) is 0 Å². The third-order valence-corrected chi connectivity index (χ3v) is 5.75. The highest BCUT2D eigenvalue weighted by Gasteiger charge is 2.20. The van der Waals surface area contributed by atoms with Gasteiger partial charge in [-0.05, 0) is 57.2 Å². The van der Waals surface area contributed by atoms with E-state index >= 15 is 0 Å². The average molecular weight is 378 g/mol. The van der Waals surface area contributed by atoms with Crippen molar-refractivity contribution in [3.8, 4) is 0 Å². The molecule has 0 bridgehead atoms. The maximum Gasteiger partial charge on any atom is 0.254 e. The van der Waals surface area contributed by atoms with E-state index in [-0.39, 0.29) is 11.5 Å². The van der Waals surface area contributed by atoms with Crippen LogP contribution in [0, 0.1) is 6.92 Å². The van der Waals surface area contributed by atoms with Crippen molar-refractivity contribution in [2.75, 3.05) is 5.32 Å². The van der Waals surface area contributed by atoms with Gasteiger partial charge in [0.05, 0.1) is 10.9 Å². The van der Waals surface area contributed by atoms with E-state index in [1.54, 1.807) is 19.1 Å². The third kappa shape index (κ3) is 4.07. The number of thioether (sulfide) groups is 1. The second kappa shape index (κ2) is 7.62. The number of nitrogens with zero attached hydrogens (tertiary/aromatic N) is 1. The van der Waals surface area contributed by atoms with Crippen LogP contribution in [0.15, 0.2) is 28.2 Å². The minimum absolute atomic E-state index is 0.0782. The lowest BCUT2D eigenvalue weighted by molar-refractivity contribution is -0.115. The molecule has 2 N–H and O–H groups in total. The van der Waals surface area contributed by atoms with Crippen LogP contribution in [-0.4, -0.2) is 21.1 Å². The molecule has 3 rings (SSSR count). The Kier molecular flexibility index (Phi) is 5.49. The first-order chi connectivity index (χ1) is 12.0. The Morgan fingerprint density at radius 2 is 2.12 bits per heavy atom. The van der Waals surface area contributed by atoms with Gasteiger partial charge in [-0.15, -0.1) is 0 Å². The number of hydrogen-bond donors (Lipinski definition) is 2. The summed E-state index contributed by atoms with van der Waals surface area (Å²) in [6, 6.07) is 5.40. The van der Waals surface area contributed by atoms with Crippen molar-refractivity contribution in [1.29, 1.82) is 0 Å². The Hall–Kier alpha value is -1.79. The maximum absolute atomic E-state index is 12.5. The number of anilines is 1. The molecular weight excluding hydrogens is 358 g/mol. The van der Waals surface area contributed by atoms with Crippen molar-refractivity contribution < 1.29 is 4.79 Å². The van der Waals surface area contributed by atoms with Crippen LogP contribution in [-0.2, 0) is 17.6 Å². The molecule has 25 heavy (non-hydrogen) atoms. The van der Waals surface area contributed by atoms with Crippen LogP contribution >= 0.6 is 23.4 Å². The molecule has 7 heteroatoms. The molecule has 0 aliphatic heterocycles. The Bertz CT molecular complexity index is 866. The highest BCUT2D eigenvalue weighted by atomic mass is 35.5. The number of aromatic amines is 1. The first-order valence-corrected chi connectivity index (χ1v) is 9.56. The highest BCUT2D eigenvalue weighted by molar-refractivity contribution is 8.00. The molecule has 0 radical (unpaired) electrons. The summed E-state index contributed by atoms with van der Waals surface area (Å²) in [5.41, 5.74) is 3.11. The monoisotopic (exact) mass is 377 g/mol. The number of amides is 1. The van der Waals surface area contributed by atoms with Crippen LogP contribution in [0.25, 0.3) is 0 Å². The number of nitrogens with one attached hydrogen (secondary N) is 2. The predicted octanol–water partition coefficient (Wildman–Crippen LogP) is 3.73. The van der Waals surface area contributed by atoms with Gasteiger partial charge >= 0.3 is 0 Å². The first-order valence-electron chi connectivity index (χ1n) is 8.30. The highest BCUT2D eigenvalue weighted by Crippen LogP contribution is 2.26. The second-order valence-corrected chi connectivity index (χ2v) is 7.90. The van der Waals surface area contributed by atoms with Crippen molar-refractivity contribution in [2.24, 2.45) is 0 Å². The van der Waals surface area contributed by atoms with Crippen molar-refractivity contribution in [3.05, 3.63) is 50.4 Å². The zero-order chi connectivity index (χ0) is 18.0. The summed E-state index contributed by atoms with van der Waals surface area (Å²) in [5, 5.41) is 3.59. The van der Waals surface area contributed by atoms with E-state index in [1.807, 2.05) is 13.0 Å². The summed E-state index contributed by atoms with van der Waals surface area (Å²) < 4.78 is 0. The molecule has 1 amide bonds. The predicted molar refractivity (Wildman–Crippen MR) is 102 cm³/mol. The molecular formula is C18H20ClN3O2S. The fourth-order valence-corrected chi connectivity index (χ4v) is 3.82. The number of rotatable bonds is 4. The standard InChI is InChI=1S/C18H20ClN3O2S/c1-10-13(19)7-5-9-14(10)20-16(23)11(2)25-18-21-15-8-4-3-6-12(15)17(24)22-18/h5,7,9,11H,3-4,6,8H2,1-2H3,(H,20,23)(H,21,22,24). The molecule has 1 heterocycles. The summed E-state index contributed by atoms with van der Waals surface area (Å²) in [5.74, 6) is -0.157. The van der Waals surface area contributed by atoms with E-state index in [0.29, 0.717) is 15.9 Å². The van der Waals surface area contributed by atoms with Crippen LogP contribution in [0.5, 0.6) is 0 Å². The van der Waals surface area contributed by atoms with Gasteiger partial charge < -0.3 is 10.3 Å². The summed E-state index contributed by atoms with van der Waals surface area (Å²) in [4.78, 5) is 32.0. The van der Waals surface area contributed by atoms with Gasteiger partial charge in [-0.25, -0.2) is 4.98 Å². The van der Waals surface area contributed by atoms with E-state index in [1.165, 1.54) is 11.8 Å². The molecule has 2 aromatic rings. The molecule has 0 saturated heterocycles. The normalized spacial score (nSPS) is 14.7. The SMILES string of the molecule is Cc1c(Cl)cccc1NC(=O)C(C)Sc1nc2c(c(=O)[nH]1)CCCC2. The molecule has 0 fully saturated rings. The van der Waals surface area contributed by atoms with Crippen LogP contribution in [0.1, 0.15) is 36.6 Å². The molecule has 0 saturated carbocycles. The van der Waals surface area contributed by atoms with Gasteiger partial charge in [0.15, 0.2) is 5.16 Å². The molecule has 5 nitrogen and oxygen atoms in total. The van der Waals surface area contributed by atoms with E-state index in [2.05, 4.69) is 15.3 Å². The molecule has 1 aliphatic rings. The first kappa shape index (κ1) is 18.0. The Balaban J connectivity index is 1.72. The minimum Gasteiger partial charge on any atom is -0.325 e. The van der Waals surface area contributed by atoms with Crippen molar-refractivity contribution in [3.63, 3.8) is 0 Å². The number of H-pyrrole nitrogens is 1. The maximum atomic E-state index is 12.5.